The predicted molar refractivity (Wildman–Crippen MR) is 59.9 cm³/mol. The Morgan fingerprint density at radius 3 is 2.82 bits per heavy atom. The molecule has 0 aliphatic heterocycles. The summed E-state index contributed by atoms with van der Waals surface area (Å²) in [6, 6.07) is 0.102. The molecule has 0 spiro atoms. The second kappa shape index (κ2) is 6.51. The number of hydrogen-bond acceptors (Lipinski definition) is 5. The number of carbonyl (C=O) groups is 2. The molecule has 0 fully saturated rings. The van der Waals surface area contributed by atoms with Crippen LogP contribution in [0.3, 0.4) is 0 Å². The molecular formula is C10H15N3O4. The molecule has 0 saturated carbocycles. The Kier molecular flexibility index (Phi) is 4.99. The minimum absolute atomic E-state index is 0.0654. The van der Waals surface area contributed by atoms with Crippen LogP contribution in [-0.4, -0.2) is 35.1 Å². The normalized spacial score (nSPS) is 9.94. The number of carboxylic acids is 1. The van der Waals surface area contributed by atoms with Crippen LogP contribution in [0.2, 0.25) is 0 Å². The third kappa shape index (κ3) is 4.54. The first-order valence-corrected chi connectivity index (χ1v) is 5.33. The highest BCUT2D eigenvalue weighted by Gasteiger charge is 2.09. The highest BCUT2D eigenvalue weighted by atomic mass is 16.4. The molecule has 1 aromatic rings. The van der Waals surface area contributed by atoms with Crippen LogP contribution in [0.5, 0.6) is 0 Å². The van der Waals surface area contributed by atoms with Crippen molar-refractivity contribution >= 4 is 17.9 Å². The molecule has 1 amide bonds. The number of amides is 1. The van der Waals surface area contributed by atoms with Crippen LogP contribution < -0.4 is 10.6 Å². The van der Waals surface area contributed by atoms with Gasteiger partial charge in [-0.15, -0.1) is 0 Å². The maximum atomic E-state index is 11.2. The zero-order valence-corrected chi connectivity index (χ0v) is 9.52. The first-order valence-electron chi connectivity index (χ1n) is 5.33. The molecule has 7 nitrogen and oxygen atoms in total. The topological polar surface area (TPSA) is 104 Å². The van der Waals surface area contributed by atoms with E-state index in [1.165, 1.54) is 0 Å². The van der Waals surface area contributed by atoms with E-state index in [2.05, 4.69) is 15.6 Å². The number of aromatic nitrogens is 1. The summed E-state index contributed by atoms with van der Waals surface area (Å²) < 4.78 is 4.85. The van der Waals surface area contributed by atoms with Gasteiger partial charge in [-0.1, -0.05) is 6.92 Å². The van der Waals surface area contributed by atoms with Crippen LogP contribution >= 0.6 is 0 Å². The van der Waals surface area contributed by atoms with Gasteiger partial charge in [0.25, 0.3) is 6.01 Å². The summed E-state index contributed by atoms with van der Waals surface area (Å²) in [5, 5.41) is 14.0. The van der Waals surface area contributed by atoms with Gasteiger partial charge in [-0.3, -0.25) is 4.79 Å². The SMILES string of the molecule is CCCNC(=O)CCNc1nc(C(=O)O)co1. The van der Waals surface area contributed by atoms with Gasteiger partial charge in [-0.25, -0.2) is 4.79 Å². The van der Waals surface area contributed by atoms with Gasteiger partial charge in [0.15, 0.2) is 5.69 Å². The monoisotopic (exact) mass is 241 g/mol. The summed E-state index contributed by atoms with van der Waals surface area (Å²) in [5.41, 5.74) is -0.164. The Morgan fingerprint density at radius 2 is 2.24 bits per heavy atom. The molecule has 1 rings (SSSR count). The molecule has 3 N–H and O–H groups in total. The van der Waals surface area contributed by atoms with Crippen molar-refractivity contribution in [2.45, 2.75) is 19.8 Å². The maximum Gasteiger partial charge on any atom is 0.357 e. The maximum absolute atomic E-state index is 11.2. The Bertz CT molecular complexity index is 389. The number of aromatic carboxylic acids is 1. The zero-order chi connectivity index (χ0) is 12.7. The molecule has 1 heterocycles. The second-order valence-electron chi connectivity index (χ2n) is 3.37. The van der Waals surface area contributed by atoms with E-state index in [0.717, 1.165) is 12.7 Å². The number of nitrogens with zero attached hydrogens (tertiary/aromatic N) is 1. The third-order valence-corrected chi connectivity index (χ3v) is 1.92. The molecule has 0 aromatic carbocycles. The molecule has 1 aromatic heterocycles. The van der Waals surface area contributed by atoms with Crippen LogP contribution in [0, 0.1) is 0 Å². The number of hydrogen-bond donors (Lipinski definition) is 3. The molecular weight excluding hydrogens is 226 g/mol. The third-order valence-electron chi connectivity index (χ3n) is 1.92. The van der Waals surface area contributed by atoms with Gasteiger partial charge in [0.1, 0.15) is 6.26 Å². The summed E-state index contributed by atoms with van der Waals surface area (Å²) in [7, 11) is 0. The molecule has 0 radical (unpaired) electrons. The summed E-state index contributed by atoms with van der Waals surface area (Å²) in [6.45, 7) is 2.97. The fraction of sp³-hybridized carbons (Fsp3) is 0.500. The summed E-state index contributed by atoms with van der Waals surface area (Å²) in [4.78, 5) is 25.4. The molecule has 0 bridgehead atoms. The van der Waals surface area contributed by atoms with Crippen molar-refractivity contribution in [3.63, 3.8) is 0 Å². The number of oxazole rings is 1. The van der Waals surface area contributed by atoms with E-state index in [1.807, 2.05) is 6.92 Å². The largest absolute Gasteiger partial charge is 0.476 e. The average Bonchev–Trinajstić information content (AvgIpc) is 2.75. The van der Waals surface area contributed by atoms with Crippen molar-refractivity contribution < 1.29 is 19.1 Å². The van der Waals surface area contributed by atoms with Crippen molar-refractivity contribution in [1.82, 2.24) is 10.3 Å². The lowest BCUT2D eigenvalue weighted by molar-refractivity contribution is -0.120. The van der Waals surface area contributed by atoms with Gasteiger partial charge in [0.05, 0.1) is 0 Å². The van der Waals surface area contributed by atoms with Crippen molar-refractivity contribution in [3.05, 3.63) is 12.0 Å². The molecule has 7 heteroatoms. The Morgan fingerprint density at radius 1 is 1.47 bits per heavy atom. The van der Waals surface area contributed by atoms with E-state index in [1.54, 1.807) is 0 Å². The average molecular weight is 241 g/mol. The molecule has 0 unspecified atom stereocenters. The lowest BCUT2D eigenvalue weighted by Gasteiger charge is -2.03. The minimum atomic E-state index is -1.15. The van der Waals surface area contributed by atoms with Crippen LogP contribution in [-0.2, 0) is 4.79 Å². The lowest BCUT2D eigenvalue weighted by atomic mass is 10.4. The highest BCUT2D eigenvalue weighted by Crippen LogP contribution is 2.06. The Hall–Kier alpha value is -2.05. The van der Waals surface area contributed by atoms with E-state index in [-0.39, 0.29) is 24.0 Å². The second-order valence-corrected chi connectivity index (χ2v) is 3.37. The summed E-state index contributed by atoms with van der Waals surface area (Å²) in [5.74, 6) is -1.22. The zero-order valence-electron chi connectivity index (χ0n) is 9.52. The fourth-order valence-corrected chi connectivity index (χ4v) is 1.09. The van der Waals surface area contributed by atoms with Crippen LogP contribution in [0.25, 0.3) is 0 Å². The first-order chi connectivity index (χ1) is 8.13. The van der Waals surface area contributed by atoms with E-state index in [4.69, 9.17) is 9.52 Å². The summed E-state index contributed by atoms with van der Waals surface area (Å²) in [6.07, 6.45) is 2.22. The predicted octanol–water partition coefficient (Wildman–Crippen LogP) is 0.701. The van der Waals surface area contributed by atoms with Gasteiger partial charge >= 0.3 is 5.97 Å². The smallest absolute Gasteiger partial charge is 0.357 e. The van der Waals surface area contributed by atoms with Crippen LogP contribution in [0.1, 0.15) is 30.3 Å². The molecule has 0 atom stereocenters. The van der Waals surface area contributed by atoms with E-state index >= 15 is 0 Å². The quantitative estimate of drug-likeness (QED) is 0.649. The molecule has 0 saturated heterocycles. The van der Waals surface area contributed by atoms with Crippen molar-refractivity contribution in [2.24, 2.45) is 0 Å². The number of carboxylic acid groups (broad SMARTS) is 1. The van der Waals surface area contributed by atoms with Crippen LogP contribution in [0.4, 0.5) is 6.01 Å². The van der Waals surface area contributed by atoms with Gasteiger partial charge in [0.2, 0.25) is 5.91 Å². The lowest BCUT2D eigenvalue weighted by Crippen LogP contribution is -2.25. The van der Waals surface area contributed by atoms with E-state index in [0.29, 0.717) is 13.1 Å². The molecule has 0 aliphatic rings. The van der Waals surface area contributed by atoms with E-state index < -0.39 is 5.97 Å². The van der Waals surface area contributed by atoms with Crippen LogP contribution in [0.15, 0.2) is 10.7 Å². The minimum Gasteiger partial charge on any atom is -0.476 e. The molecule has 17 heavy (non-hydrogen) atoms. The van der Waals surface area contributed by atoms with Crippen molar-refractivity contribution in [1.29, 1.82) is 0 Å². The van der Waals surface area contributed by atoms with Crippen molar-refractivity contribution in [3.8, 4) is 0 Å². The molecule has 0 aliphatic carbocycles. The first kappa shape index (κ1) is 13.0. The van der Waals surface area contributed by atoms with Gasteiger partial charge in [-0.2, -0.15) is 4.98 Å². The fourth-order valence-electron chi connectivity index (χ4n) is 1.09. The van der Waals surface area contributed by atoms with Gasteiger partial charge < -0.3 is 20.2 Å². The highest BCUT2D eigenvalue weighted by molar-refractivity contribution is 5.85. The van der Waals surface area contributed by atoms with Gasteiger partial charge in [0, 0.05) is 19.5 Å². The Balaban J connectivity index is 2.26. The number of carbonyl (C=O) groups excluding carboxylic acids is 1. The van der Waals surface area contributed by atoms with Gasteiger partial charge in [-0.05, 0) is 6.42 Å². The number of anilines is 1. The standard InChI is InChI=1S/C10H15N3O4/c1-2-4-11-8(14)3-5-12-10-13-7(6-17-10)9(15)16/h6H,2-5H2,1H3,(H,11,14)(H,12,13)(H,15,16). The van der Waals surface area contributed by atoms with Crippen molar-refractivity contribution in [2.75, 3.05) is 18.4 Å². The van der Waals surface area contributed by atoms with E-state index in [9.17, 15) is 9.59 Å². The Labute approximate surface area is 98.2 Å². The number of nitrogens with one attached hydrogen (secondary N) is 2. The summed E-state index contributed by atoms with van der Waals surface area (Å²) >= 11 is 0. The number of rotatable bonds is 7. The molecule has 94 valence electrons.